The molecule has 1 aliphatic rings. The molecule has 2 unspecified atom stereocenters. The van der Waals surface area contributed by atoms with Crippen molar-refractivity contribution in [2.24, 2.45) is 0 Å². The number of piperidine rings is 1. The highest BCUT2D eigenvalue weighted by molar-refractivity contribution is 5.84. The van der Waals surface area contributed by atoms with Gasteiger partial charge in [-0.15, -0.1) is 0 Å². The van der Waals surface area contributed by atoms with E-state index in [2.05, 4.69) is 17.1 Å². The Morgan fingerprint density at radius 1 is 1.50 bits per heavy atom. The molecule has 0 aliphatic carbocycles. The van der Waals surface area contributed by atoms with E-state index in [1.165, 1.54) is 13.3 Å². The van der Waals surface area contributed by atoms with Crippen LogP contribution in [0.25, 0.3) is 0 Å². The third-order valence-corrected chi connectivity index (χ3v) is 3.04. The van der Waals surface area contributed by atoms with Crippen molar-refractivity contribution in [2.45, 2.75) is 45.2 Å². The van der Waals surface area contributed by atoms with Crippen LogP contribution >= 0.6 is 0 Å². The molecule has 0 bridgehead atoms. The van der Waals surface area contributed by atoms with E-state index in [-0.39, 0.29) is 5.91 Å². The first-order valence-corrected chi connectivity index (χ1v) is 5.77. The lowest BCUT2D eigenvalue weighted by molar-refractivity contribution is -0.141. The van der Waals surface area contributed by atoms with Crippen LogP contribution in [0, 0.1) is 0 Å². The van der Waals surface area contributed by atoms with Crippen LogP contribution in [0.3, 0.4) is 0 Å². The van der Waals surface area contributed by atoms with Crippen LogP contribution in [0.1, 0.15) is 33.1 Å². The number of hydrogen-bond donors (Lipinski definition) is 2. The van der Waals surface area contributed by atoms with E-state index in [1.54, 1.807) is 0 Å². The Labute approximate surface area is 95.8 Å². The molecule has 1 saturated heterocycles. The number of carboxylic acid groups (broad SMARTS) is 1. The van der Waals surface area contributed by atoms with Crippen molar-refractivity contribution in [1.29, 1.82) is 0 Å². The first-order chi connectivity index (χ1) is 7.50. The summed E-state index contributed by atoms with van der Waals surface area (Å²) in [5.41, 5.74) is 0. The molecule has 0 aromatic rings. The Morgan fingerprint density at radius 3 is 2.75 bits per heavy atom. The second-order valence-electron chi connectivity index (χ2n) is 4.44. The number of carboxylic acids is 1. The zero-order valence-electron chi connectivity index (χ0n) is 9.90. The zero-order chi connectivity index (χ0) is 12.1. The van der Waals surface area contributed by atoms with Gasteiger partial charge in [0.1, 0.15) is 6.04 Å². The summed E-state index contributed by atoms with van der Waals surface area (Å²) in [6.45, 7) is 4.81. The van der Waals surface area contributed by atoms with Crippen LogP contribution in [0.15, 0.2) is 0 Å². The number of nitrogens with zero attached hydrogens (tertiary/aromatic N) is 1. The molecule has 2 atom stereocenters. The van der Waals surface area contributed by atoms with Gasteiger partial charge >= 0.3 is 5.97 Å². The average molecular weight is 228 g/mol. The van der Waals surface area contributed by atoms with Gasteiger partial charge in [-0.25, -0.2) is 0 Å². The number of hydrogen-bond acceptors (Lipinski definition) is 3. The maximum atomic E-state index is 11.6. The summed E-state index contributed by atoms with van der Waals surface area (Å²) in [6, 6.07) is -0.396. The third kappa shape index (κ3) is 3.81. The quantitative estimate of drug-likeness (QED) is 0.733. The van der Waals surface area contributed by atoms with Crippen molar-refractivity contribution in [2.75, 3.05) is 13.1 Å². The number of amides is 1. The average Bonchev–Trinajstić information content (AvgIpc) is 2.21. The molecule has 0 saturated carbocycles. The molecule has 92 valence electrons. The van der Waals surface area contributed by atoms with Crippen molar-refractivity contribution in [1.82, 2.24) is 10.2 Å². The normalized spacial score (nSPS) is 23.8. The van der Waals surface area contributed by atoms with E-state index < -0.39 is 12.0 Å². The van der Waals surface area contributed by atoms with Crippen LogP contribution in [0.4, 0.5) is 0 Å². The second kappa shape index (κ2) is 5.84. The van der Waals surface area contributed by atoms with E-state index in [1.807, 2.05) is 0 Å². The van der Waals surface area contributed by atoms with Crippen molar-refractivity contribution in [3.8, 4) is 0 Å². The summed E-state index contributed by atoms with van der Waals surface area (Å²) in [7, 11) is 0. The van der Waals surface area contributed by atoms with Crippen LogP contribution < -0.4 is 5.32 Å². The lowest BCUT2D eigenvalue weighted by Crippen LogP contribution is -2.47. The lowest BCUT2D eigenvalue weighted by Gasteiger charge is -2.32. The zero-order valence-corrected chi connectivity index (χ0v) is 9.90. The molecule has 0 radical (unpaired) electrons. The molecular weight excluding hydrogens is 208 g/mol. The predicted octanol–water partition coefficient (Wildman–Crippen LogP) is 0.450. The maximum absolute atomic E-state index is 11.6. The SMILES string of the molecule is CC(NC(=O)CN1CCCCC1C)C(=O)O. The summed E-state index contributed by atoms with van der Waals surface area (Å²) in [6.07, 6.45) is 3.44. The van der Waals surface area contributed by atoms with Crippen LogP contribution in [-0.2, 0) is 9.59 Å². The molecule has 1 fully saturated rings. The molecule has 1 heterocycles. The number of nitrogens with one attached hydrogen (secondary N) is 1. The van der Waals surface area contributed by atoms with Gasteiger partial charge in [0.15, 0.2) is 0 Å². The number of rotatable bonds is 4. The Balaban J connectivity index is 2.35. The Bertz CT molecular complexity index is 268. The number of likely N-dealkylation sites (tertiary alicyclic amines) is 1. The van der Waals surface area contributed by atoms with Gasteiger partial charge in [0.25, 0.3) is 0 Å². The Morgan fingerprint density at radius 2 is 2.19 bits per heavy atom. The number of carbonyl (C=O) groups excluding carboxylic acids is 1. The van der Waals surface area contributed by atoms with Gasteiger partial charge in [0.05, 0.1) is 6.54 Å². The minimum absolute atomic E-state index is 0.205. The Hall–Kier alpha value is -1.10. The number of aliphatic carboxylic acids is 1. The minimum atomic E-state index is -1.000. The van der Waals surface area contributed by atoms with Gasteiger partial charge in [0.2, 0.25) is 5.91 Å². The fourth-order valence-corrected chi connectivity index (χ4v) is 1.93. The predicted molar refractivity (Wildman–Crippen MR) is 60.1 cm³/mol. The summed E-state index contributed by atoms with van der Waals surface area (Å²) < 4.78 is 0. The van der Waals surface area contributed by atoms with Gasteiger partial charge in [0, 0.05) is 6.04 Å². The second-order valence-corrected chi connectivity index (χ2v) is 4.44. The largest absolute Gasteiger partial charge is 0.480 e. The van der Waals surface area contributed by atoms with E-state index >= 15 is 0 Å². The van der Waals surface area contributed by atoms with Crippen LogP contribution in [-0.4, -0.2) is 47.1 Å². The smallest absolute Gasteiger partial charge is 0.325 e. The molecule has 1 aliphatic heterocycles. The van der Waals surface area contributed by atoms with Gasteiger partial charge in [-0.05, 0) is 33.2 Å². The fourth-order valence-electron chi connectivity index (χ4n) is 1.93. The lowest BCUT2D eigenvalue weighted by atomic mass is 10.0. The number of carbonyl (C=O) groups is 2. The first-order valence-electron chi connectivity index (χ1n) is 5.77. The van der Waals surface area contributed by atoms with Gasteiger partial charge < -0.3 is 10.4 Å². The molecule has 1 amide bonds. The summed E-state index contributed by atoms with van der Waals surface area (Å²) in [5, 5.41) is 11.1. The van der Waals surface area contributed by atoms with E-state index in [4.69, 9.17) is 5.11 Å². The molecule has 0 aromatic carbocycles. The van der Waals surface area contributed by atoms with Crippen LogP contribution in [0.5, 0.6) is 0 Å². The summed E-state index contributed by atoms with van der Waals surface area (Å²) in [4.78, 5) is 24.2. The highest BCUT2D eigenvalue weighted by atomic mass is 16.4. The third-order valence-electron chi connectivity index (χ3n) is 3.04. The van der Waals surface area contributed by atoms with Gasteiger partial charge in [-0.1, -0.05) is 6.42 Å². The van der Waals surface area contributed by atoms with E-state index in [0.29, 0.717) is 12.6 Å². The monoisotopic (exact) mass is 228 g/mol. The van der Waals surface area contributed by atoms with Crippen molar-refractivity contribution in [3.63, 3.8) is 0 Å². The van der Waals surface area contributed by atoms with Crippen molar-refractivity contribution < 1.29 is 14.7 Å². The standard InChI is InChI=1S/C11H20N2O3/c1-8-5-3-4-6-13(8)7-10(14)12-9(2)11(15)16/h8-9H,3-7H2,1-2H3,(H,12,14)(H,15,16). The van der Waals surface area contributed by atoms with Gasteiger partial charge in [-0.3, -0.25) is 14.5 Å². The fraction of sp³-hybridized carbons (Fsp3) is 0.818. The molecule has 0 spiro atoms. The minimum Gasteiger partial charge on any atom is -0.480 e. The first kappa shape index (κ1) is 13.0. The highest BCUT2D eigenvalue weighted by Gasteiger charge is 2.22. The molecule has 2 N–H and O–H groups in total. The van der Waals surface area contributed by atoms with Crippen molar-refractivity contribution >= 4 is 11.9 Å². The summed E-state index contributed by atoms with van der Waals surface area (Å²) in [5.74, 6) is -1.20. The highest BCUT2D eigenvalue weighted by Crippen LogP contribution is 2.15. The topological polar surface area (TPSA) is 69.6 Å². The molecule has 0 aromatic heterocycles. The molecular formula is C11H20N2O3. The van der Waals surface area contributed by atoms with Crippen molar-refractivity contribution in [3.05, 3.63) is 0 Å². The Kier molecular flexibility index (Phi) is 4.73. The van der Waals surface area contributed by atoms with E-state index in [0.717, 1.165) is 19.4 Å². The van der Waals surface area contributed by atoms with Crippen LogP contribution in [0.2, 0.25) is 0 Å². The summed E-state index contributed by atoms with van der Waals surface area (Å²) >= 11 is 0. The van der Waals surface area contributed by atoms with E-state index in [9.17, 15) is 9.59 Å². The van der Waals surface area contributed by atoms with Gasteiger partial charge in [-0.2, -0.15) is 0 Å². The maximum Gasteiger partial charge on any atom is 0.325 e. The molecule has 5 heteroatoms. The molecule has 1 rings (SSSR count). The molecule has 5 nitrogen and oxygen atoms in total. The molecule has 16 heavy (non-hydrogen) atoms.